The van der Waals surface area contributed by atoms with Gasteiger partial charge in [0.05, 0.1) is 26.9 Å². The van der Waals surface area contributed by atoms with Gasteiger partial charge < -0.3 is 13.9 Å². The minimum Gasteiger partial charge on any atom is -0.436 e. The van der Waals surface area contributed by atoms with Crippen LogP contribution in [0, 0.1) is 0 Å². The molecule has 0 spiro atoms. The first-order valence-corrected chi connectivity index (χ1v) is 19.5. The summed E-state index contributed by atoms with van der Waals surface area (Å²) in [5.74, 6) is 0.602. The number of oxazole rings is 1. The van der Waals surface area contributed by atoms with Crippen LogP contribution in [0.2, 0.25) is 0 Å². The Morgan fingerprint density at radius 3 is 2.09 bits per heavy atom. The minimum absolute atomic E-state index is 0.602. The number of benzene rings is 8. The summed E-state index contributed by atoms with van der Waals surface area (Å²) in [5, 5.41) is 3.42. The van der Waals surface area contributed by atoms with E-state index in [0.29, 0.717) is 5.89 Å². The number of hydrogen-bond acceptors (Lipinski definition) is 5. The van der Waals surface area contributed by atoms with Crippen LogP contribution in [0.25, 0.3) is 82.0 Å². The number of hydrogen-bond donors (Lipinski definition) is 0. The highest BCUT2D eigenvalue weighted by Gasteiger charge is 2.21. The number of anilines is 3. The molecule has 0 atom stereocenters. The lowest BCUT2D eigenvalue weighted by Gasteiger charge is -2.27. The van der Waals surface area contributed by atoms with Gasteiger partial charge in [0.2, 0.25) is 5.89 Å². The van der Waals surface area contributed by atoms with E-state index in [9.17, 15) is 0 Å². The highest BCUT2D eigenvalue weighted by molar-refractivity contribution is 7.21. The maximum atomic E-state index is 6.26. The molecule has 0 aliphatic rings. The number of nitrogens with zero attached hydrogens (tertiary/aromatic N) is 4. The van der Waals surface area contributed by atoms with Crippen molar-refractivity contribution in [2.75, 3.05) is 4.90 Å². The normalized spacial score (nSPS) is 11.6. The van der Waals surface area contributed by atoms with Crippen LogP contribution >= 0.6 is 11.3 Å². The lowest BCUT2D eigenvalue weighted by molar-refractivity contribution is 0.620. The Hall–Kier alpha value is -7.28. The summed E-state index contributed by atoms with van der Waals surface area (Å²) in [6.45, 7) is 0. The van der Waals surface area contributed by atoms with Gasteiger partial charge in [-0.2, -0.15) is 0 Å². The number of para-hydroxylation sites is 4. The maximum absolute atomic E-state index is 6.26. The third-order valence-corrected chi connectivity index (χ3v) is 11.5. The lowest BCUT2D eigenvalue weighted by atomic mass is 10.0. The number of rotatable bonds is 7. The van der Waals surface area contributed by atoms with Crippen molar-refractivity contribution in [3.8, 4) is 38.8 Å². The second-order valence-electron chi connectivity index (χ2n) is 13.8. The Morgan fingerprint density at radius 2 is 1.20 bits per heavy atom. The van der Waals surface area contributed by atoms with E-state index in [1.54, 1.807) is 11.3 Å². The van der Waals surface area contributed by atoms with Crippen LogP contribution in [0.1, 0.15) is 0 Å². The van der Waals surface area contributed by atoms with Gasteiger partial charge in [0.1, 0.15) is 10.5 Å². The molecule has 6 heteroatoms. The molecule has 0 radical (unpaired) electrons. The second kappa shape index (κ2) is 13.2. The molecule has 0 amide bonds. The molecule has 0 bridgehead atoms. The molecule has 11 rings (SSSR count). The van der Waals surface area contributed by atoms with Gasteiger partial charge in [-0.3, -0.25) is 0 Å². The molecule has 3 heterocycles. The van der Waals surface area contributed by atoms with E-state index < -0.39 is 0 Å². The molecule has 0 fully saturated rings. The quantitative estimate of drug-likeness (QED) is 0.163. The molecule has 0 saturated carbocycles. The molecule has 8 aromatic carbocycles. The van der Waals surface area contributed by atoms with Crippen LogP contribution in [-0.2, 0) is 0 Å². The molecule has 56 heavy (non-hydrogen) atoms. The molecular formula is C50H32N4OS. The van der Waals surface area contributed by atoms with Gasteiger partial charge >= 0.3 is 0 Å². The first kappa shape index (κ1) is 32.2. The predicted molar refractivity (Wildman–Crippen MR) is 233 cm³/mol. The van der Waals surface area contributed by atoms with Crippen molar-refractivity contribution in [3.63, 3.8) is 0 Å². The van der Waals surface area contributed by atoms with Crippen molar-refractivity contribution in [1.29, 1.82) is 0 Å². The van der Waals surface area contributed by atoms with Crippen LogP contribution in [0.15, 0.2) is 199 Å². The third kappa shape index (κ3) is 5.46. The minimum atomic E-state index is 0.602. The standard InChI is InChI=1S/C50H32N4OS/c1-3-14-33(15-4-1)49-51-43-32-38(27-29-47(43)55-49)53(45-24-11-8-21-40(45)50-52-42-22-9-12-25-48(42)56-50)37-19-13-16-34(30-37)35-26-28-46-41(31-35)39-20-7-10-23-44(39)54(46)36-17-5-2-6-18-36/h1-32H. The fraction of sp³-hybridized carbons (Fsp3) is 0. The van der Waals surface area contributed by atoms with E-state index in [2.05, 4.69) is 161 Å². The molecule has 0 aliphatic heterocycles. The summed E-state index contributed by atoms with van der Waals surface area (Å²) in [7, 11) is 0. The third-order valence-electron chi connectivity index (χ3n) is 10.4. The summed E-state index contributed by atoms with van der Waals surface area (Å²) in [6, 6.07) is 68.1. The molecule has 3 aromatic heterocycles. The van der Waals surface area contributed by atoms with Gasteiger partial charge in [0, 0.05) is 39.0 Å². The Bertz CT molecular complexity index is 3180. The van der Waals surface area contributed by atoms with Crippen molar-refractivity contribution >= 4 is 71.5 Å². The monoisotopic (exact) mass is 736 g/mol. The van der Waals surface area contributed by atoms with Crippen molar-refractivity contribution in [1.82, 2.24) is 14.5 Å². The fourth-order valence-electron chi connectivity index (χ4n) is 7.86. The highest BCUT2D eigenvalue weighted by atomic mass is 32.1. The van der Waals surface area contributed by atoms with Crippen LogP contribution in [-0.4, -0.2) is 14.5 Å². The van der Waals surface area contributed by atoms with Gasteiger partial charge in [-0.05, 0) is 108 Å². The summed E-state index contributed by atoms with van der Waals surface area (Å²) < 4.78 is 9.78. The van der Waals surface area contributed by atoms with Crippen molar-refractivity contribution in [3.05, 3.63) is 194 Å². The molecule has 0 saturated heterocycles. The molecule has 0 aliphatic carbocycles. The van der Waals surface area contributed by atoms with Gasteiger partial charge in [0.15, 0.2) is 5.58 Å². The van der Waals surface area contributed by atoms with E-state index in [-0.39, 0.29) is 0 Å². The zero-order valence-electron chi connectivity index (χ0n) is 30.1. The Labute approximate surface area is 327 Å². The molecule has 0 N–H and O–H groups in total. The smallest absolute Gasteiger partial charge is 0.227 e. The summed E-state index contributed by atoms with van der Waals surface area (Å²) in [4.78, 5) is 12.4. The van der Waals surface area contributed by atoms with Crippen LogP contribution in [0.4, 0.5) is 17.1 Å². The van der Waals surface area contributed by atoms with Crippen LogP contribution in [0.3, 0.4) is 0 Å². The number of aromatic nitrogens is 3. The molecular weight excluding hydrogens is 705 g/mol. The van der Waals surface area contributed by atoms with Gasteiger partial charge in [-0.15, -0.1) is 11.3 Å². The number of fused-ring (bicyclic) bond motifs is 5. The van der Waals surface area contributed by atoms with E-state index in [0.717, 1.165) is 71.3 Å². The topological polar surface area (TPSA) is 47.1 Å². The molecule has 5 nitrogen and oxygen atoms in total. The molecule has 11 aromatic rings. The van der Waals surface area contributed by atoms with Crippen LogP contribution < -0.4 is 4.90 Å². The largest absolute Gasteiger partial charge is 0.436 e. The Balaban J connectivity index is 1.08. The molecule has 0 unspecified atom stereocenters. The Morgan fingerprint density at radius 1 is 0.482 bits per heavy atom. The summed E-state index contributed by atoms with van der Waals surface area (Å²) in [6.07, 6.45) is 0. The highest BCUT2D eigenvalue weighted by Crippen LogP contribution is 2.45. The zero-order valence-corrected chi connectivity index (χ0v) is 30.9. The van der Waals surface area contributed by atoms with Crippen molar-refractivity contribution < 1.29 is 4.42 Å². The van der Waals surface area contributed by atoms with E-state index >= 15 is 0 Å². The summed E-state index contributed by atoms with van der Waals surface area (Å²) >= 11 is 1.71. The first-order valence-electron chi connectivity index (χ1n) is 18.7. The van der Waals surface area contributed by atoms with Gasteiger partial charge in [-0.1, -0.05) is 97.1 Å². The van der Waals surface area contributed by atoms with E-state index in [1.807, 2.05) is 42.5 Å². The van der Waals surface area contributed by atoms with Gasteiger partial charge in [-0.25, -0.2) is 9.97 Å². The zero-order chi connectivity index (χ0) is 37.0. The number of thiazole rings is 1. The Kier molecular flexibility index (Phi) is 7.60. The first-order chi connectivity index (χ1) is 27.7. The van der Waals surface area contributed by atoms with E-state index in [1.165, 1.54) is 21.8 Å². The average molecular weight is 737 g/mol. The van der Waals surface area contributed by atoms with Gasteiger partial charge in [0.25, 0.3) is 0 Å². The molecule has 264 valence electrons. The van der Waals surface area contributed by atoms with Crippen molar-refractivity contribution in [2.24, 2.45) is 0 Å². The fourth-order valence-corrected chi connectivity index (χ4v) is 8.86. The average Bonchev–Trinajstić information content (AvgIpc) is 3.98. The lowest BCUT2D eigenvalue weighted by Crippen LogP contribution is -2.11. The van der Waals surface area contributed by atoms with E-state index in [4.69, 9.17) is 14.4 Å². The predicted octanol–water partition coefficient (Wildman–Crippen LogP) is 14.0. The second-order valence-corrected chi connectivity index (χ2v) is 14.9. The SMILES string of the molecule is c1ccc(-c2nc3cc(N(c4cccc(-c5ccc6c(c5)c5ccccc5n6-c5ccccc5)c4)c4ccccc4-c4nc5ccccc5s4)ccc3o2)cc1. The van der Waals surface area contributed by atoms with Crippen LogP contribution in [0.5, 0.6) is 0 Å². The summed E-state index contributed by atoms with van der Waals surface area (Å²) in [5.41, 5.74) is 13.3. The van der Waals surface area contributed by atoms with Crippen molar-refractivity contribution in [2.45, 2.75) is 0 Å². The maximum Gasteiger partial charge on any atom is 0.227 e.